The van der Waals surface area contributed by atoms with Crippen LogP contribution in [0, 0.1) is 11.8 Å². The zero-order chi connectivity index (χ0) is 12.0. The van der Waals surface area contributed by atoms with Crippen molar-refractivity contribution in [3.8, 4) is 0 Å². The predicted octanol–water partition coefficient (Wildman–Crippen LogP) is 2.45. The van der Waals surface area contributed by atoms with E-state index in [0.29, 0.717) is 23.5 Å². The molecule has 0 aromatic heterocycles. The fourth-order valence-electron chi connectivity index (χ4n) is 2.05. The molecular formula is C12H21N3S. The monoisotopic (exact) mass is 239 g/mol. The molecule has 0 heterocycles. The van der Waals surface area contributed by atoms with Gasteiger partial charge >= 0.3 is 0 Å². The smallest absolute Gasteiger partial charge is 0.187 e. The normalized spacial score (nSPS) is 24.8. The van der Waals surface area contributed by atoms with E-state index in [-0.39, 0.29) is 0 Å². The molecule has 2 N–H and O–H groups in total. The maximum Gasteiger partial charge on any atom is 0.187 e. The van der Waals surface area contributed by atoms with E-state index in [1.165, 1.54) is 25.0 Å². The lowest BCUT2D eigenvalue weighted by Gasteiger charge is -2.26. The standard InChI is InChI=1S/C12H21N3S/c1-4-8-13-12(16)15-14-11-9(2)6-5-7-10(11)3/h4,9-10H,1,5-8H2,2-3H3,(H2,13,15,16)/t9-,10-/m1/s1. The van der Waals surface area contributed by atoms with Crippen molar-refractivity contribution in [1.29, 1.82) is 0 Å². The van der Waals surface area contributed by atoms with E-state index in [1.807, 2.05) is 0 Å². The van der Waals surface area contributed by atoms with Crippen LogP contribution in [0.15, 0.2) is 17.8 Å². The highest BCUT2D eigenvalue weighted by Gasteiger charge is 2.22. The van der Waals surface area contributed by atoms with Gasteiger partial charge in [0.1, 0.15) is 0 Å². The summed E-state index contributed by atoms with van der Waals surface area (Å²) in [6.45, 7) is 8.75. The number of hydrogen-bond donors (Lipinski definition) is 2. The number of nitrogens with one attached hydrogen (secondary N) is 2. The summed E-state index contributed by atoms with van der Waals surface area (Å²) in [5.41, 5.74) is 4.15. The molecule has 0 aromatic carbocycles. The molecule has 0 aliphatic heterocycles. The Morgan fingerprint density at radius 3 is 2.69 bits per heavy atom. The van der Waals surface area contributed by atoms with Gasteiger partial charge in [0.15, 0.2) is 5.11 Å². The van der Waals surface area contributed by atoms with Gasteiger partial charge in [0.2, 0.25) is 0 Å². The van der Waals surface area contributed by atoms with Crippen molar-refractivity contribution < 1.29 is 0 Å². The molecule has 3 nitrogen and oxygen atoms in total. The lowest BCUT2D eigenvalue weighted by molar-refractivity contribution is 0.484. The molecule has 1 rings (SSSR count). The van der Waals surface area contributed by atoms with Gasteiger partial charge in [-0.3, -0.25) is 5.43 Å². The molecular weight excluding hydrogens is 218 g/mol. The first-order chi connectivity index (χ1) is 7.65. The topological polar surface area (TPSA) is 36.4 Å². The third-order valence-electron chi connectivity index (χ3n) is 2.98. The summed E-state index contributed by atoms with van der Waals surface area (Å²) in [7, 11) is 0. The number of rotatable bonds is 3. The molecule has 1 fully saturated rings. The minimum absolute atomic E-state index is 0.567. The summed E-state index contributed by atoms with van der Waals surface area (Å²) in [6, 6.07) is 0. The Kier molecular flexibility index (Phi) is 5.46. The second-order valence-corrected chi connectivity index (χ2v) is 4.79. The van der Waals surface area contributed by atoms with Crippen molar-refractivity contribution >= 4 is 23.0 Å². The SMILES string of the molecule is C=CCNC(=S)NN=C1[C@H](C)CCC[C@H]1C. The molecule has 0 radical (unpaired) electrons. The van der Waals surface area contributed by atoms with E-state index in [9.17, 15) is 0 Å². The van der Waals surface area contributed by atoms with Crippen molar-refractivity contribution in [2.24, 2.45) is 16.9 Å². The molecule has 1 aliphatic carbocycles. The third kappa shape index (κ3) is 3.93. The maximum atomic E-state index is 5.09. The lowest BCUT2D eigenvalue weighted by atomic mass is 9.81. The zero-order valence-corrected chi connectivity index (χ0v) is 10.9. The van der Waals surface area contributed by atoms with E-state index in [4.69, 9.17) is 12.2 Å². The first-order valence-electron chi connectivity index (χ1n) is 5.87. The Balaban J connectivity index is 2.47. The number of nitrogens with zero attached hydrogens (tertiary/aromatic N) is 1. The van der Waals surface area contributed by atoms with E-state index in [0.717, 1.165) is 0 Å². The van der Waals surface area contributed by atoms with Crippen molar-refractivity contribution in [2.45, 2.75) is 33.1 Å². The number of thiocarbonyl (C=S) groups is 1. The summed E-state index contributed by atoms with van der Waals surface area (Å²) in [6.07, 6.45) is 5.54. The molecule has 1 saturated carbocycles. The summed E-state index contributed by atoms with van der Waals surface area (Å²) in [5.74, 6) is 1.14. The number of hydrazone groups is 1. The van der Waals surface area contributed by atoms with Gasteiger partial charge in [-0.1, -0.05) is 26.3 Å². The van der Waals surface area contributed by atoms with Gasteiger partial charge in [0.25, 0.3) is 0 Å². The highest BCUT2D eigenvalue weighted by Crippen LogP contribution is 2.25. The average Bonchev–Trinajstić information content (AvgIpc) is 2.25. The molecule has 0 bridgehead atoms. The quantitative estimate of drug-likeness (QED) is 0.451. The van der Waals surface area contributed by atoms with E-state index in [1.54, 1.807) is 6.08 Å². The Labute approximate surface area is 103 Å². The first-order valence-corrected chi connectivity index (χ1v) is 6.28. The van der Waals surface area contributed by atoms with Crippen molar-refractivity contribution in [3.63, 3.8) is 0 Å². The van der Waals surface area contributed by atoms with Crippen molar-refractivity contribution in [3.05, 3.63) is 12.7 Å². The largest absolute Gasteiger partial charge is 0.358 e. The summed E-state index contributed by atoms with van der Waals surface area (Å²) in [5, 5.41) is 7.99. The van der Waals surface area contributed by atoms with E-state index in [2.05, 4.69) is 36.3 Å². The van der Waals surface area contributed by atoms with Crippen LogP contribution in [0.4, 0.5) is 0 Å². The fraction of sp³-hybridized carbons (Fsp3) is 0.667. The molecule has 0 spiro atoms. The molecule has 0 aromatic rings. The second kappa shape index (κ2) is 6.63. The number of hydrogen-bond acceptors (Lipinski definition) is 2. The van der Waals surface area contributed by atoms with E-state index >= 15 is 0 Å². The summed E-state index contributed by atoms with van der Waals surface area (Å²) < 4.78 is 0. The Hall–Kier alpha value is -0.900. The van der Waals surface area contributed by atoms with Gasteiger partial charge in [-0.25, -0.2) is 0 Å². The molecule has 90 valence electrons. The van der Waals surface area contributed by atoms with Crippen LogP contribution in [0.3, 0.4) is 0 Å². The molecule has 0 unspecified atom stereocenters. The molecule has 0 amide bonds. The molecule has 4 heteroatoms. The molecule has 1 aliphatic rings. The van der Waals surface area contributed by atoms with Gasteiger partial charge in [-0.2, -0.15) is 5.10 Å². The predicted molar refractivity (Wildman–Crippen MR) is 73.5 cm³/mol. The molecule has 0 saturated heterocycles. The van der Waals surface area contributed by atoms with Crippen LogP contribution in [0.2, 0.25) is 0 Å². The summed E-state index contributed by atoms with van der Waals surface area (Å²) in [4.78, 5) is 0. The zero-order valence-electron chi connectivity index (χ0n) is 10.1. The van der Waals surface area contributed by atoms with Crippen LogP contribution >= 0.6 is 12.2 Å². The van der Waals surface area contributed by atoms with Gasteiger partial charge < -0.3 is 5.32 Å². The van der Waals surface area contributed by atoms with Gasteiger partial charge in [-0.05, 0) is 36.9 Å². The highest BCUT2D eigenvalue weighted by molar-refractivity contribution is 7.80. The average molecular weight is 239 g/mol. The lowest BCUT2D eigenvalue weighted by Crippen LogP contribution is -2.35. The maximum absolute atomic E-state index is 5.09. The van der Waals surface area contributed by atoms with Gasteiger partial charge in [0, 0.05) is 12.3 Å². The van der Waals surface area contributed by atoms with Crippen LogP contribution in [0.5, 0.6) is 0 Å². The van der Waals surface area contributed by atoms with Crippen molar-refractivity contribution in [1.82, 2.24) is 10.7 Å². The van der Waals surface area contributed by atoms with Gasteiger partial charge in [-0.15, -0.1) is 6.58 Å². The van der Waals surface area contributed by atoms with Gasteiger partial charge in [0.05, 0.1) is 0 Å². The molecule has 2 atom stereocenters. The molecule has 16 heavy (non-hydrogen) atoms. The second-order valence-electron chi connectivity index (χ2n) is 4.38. The fourth-order valence-corrected chi connectivity index (χ4v) is 2.18. The van der Waals surface area contributed by atoms with Crippen LogP contribution in [0.1, 0.15) is 33.1 Å². The van der Waals surface area contributed by atoms with Crippen LogP contribution in [-0.2, 0) is 0 Å². The Bertz CT molecular complexity index is 274. The minimum atomic E-state index is 0.567. The van der Waals surface area contributed by atoms with Crippen LogP contribution in [-0.4, -0.2) is 17.4 Å². The van der Waals surface area contributed by atoms with Crippen LogP contribution < -0.4 is 10.7 Å². The Morgan fingerprint density at radius 1 is 1.50 bits per heavy atom. The first kappa shape index (κ1) is 13.2. The minimum Gasteiger partial charge on any atom is -0.358 e. The van der Waals surface area contributed by atoms with Crippen molar-refractivity contribution in [2.75, 3.05) is 6.54 Å². The third-order valence-corrected chi connectivity index (χ3v) is 3.21. The Morgan fingerprint density at radius 2 is 2.12 bits per heavy atom. The highest BCUT2D eigenvalue weighted by atomic mass is 32.1. The van der Waals surface area contributed by atoms with E-state index < -0.39 is 0 Å². The van der Waals surface area contributed by atoms with Crippen LogP contribution in [0.25, 0.3) is 0 Å². The summed E-state index contributed by atoms with van der Waals surface area (Å²) >= 11 is 5.09.